The van der Waals surface area contributed by atoms with Crippen molar-refractivity contribution in [3.8, 4) is 5.75 Å². The summed E-state index contributed by atoms with van der Waals surface area (Å²) in [6, 6.07) is 4.66. The van der Waals surface area contributed by atoms with E-state index in [9.17, 15) is 9.50 Å². The number of ether oxygens (including phenoxy) is 1. The number of rotatable bonds is 3. The quantitative estimate of drug-likeness (QED) is 0.807. The van der Waals surface area contributed by atoms with Crippen molar-refractivity contribution in [1.29, 1.82) is 0 Å². The van der Waals surface area contributed by atoms with E-state index in [0.717, 1.165) is 5.56 Å². The average molecular weight is 198 g/mol. The monoisotopic (exact) mass is 198 g/mol. The van der Waals surface area contributed by atoms with Gasteiger partial charge in [0, 0.05) is 0 Å². The van der Waals surface area contributed by atoms with Gasteiger partial charge < -0.3 is 9.84 Å². The molecule has 0 saturated carbocycles. The molecular formula is C11H15FO2. The number of aryl methyl sites for hydroxylation is 1. The molecule has 0 aliphatic heterocycles. The molecule has 1 rings (SSSR count). The van der Waals surface area contributed by atoms with Gasteiger partial charge in [-0.2, -0.15) is 0 Å². The second kappa shape index (κ2) is 4.42. The standard InChI is InChI=1S/C11H15FO2/c1-7-4-5-10(12)11(6-7)14-9(3)8(2)13/h4-6,8-9,13H,1-3H3. The number of aliphatic hydroxyl groups excluding tert-OH is 1. The molecule has 0 aliphatic carbocycles. The maximum absolute atomic E-state index is 13.2. The van der Waals surface area contributed by atoms with E-state index in [4.69, 9.17) is 4.74 Å². The van der Waals surface area contributed by atoms with E-state index in [-0.39, 0.29) is 5.75 Å². The Labute approximate surface area is 83.3 Å². The van der Waals surface area contributed by atoms with Crippen LogP contribution < -0.4 is 4.74 Å². The van der Waals surface area contributed by atoms with Gasteiger partial charge in [0.25, 0.3) is 0 Å². The van der Waals surface area contributed by atoms with Crippen LogP contribution in [0.5, 0.6) is 5.75 Å². The van der Waals surface area contributed by atoms with E-state index < -0.39 is 18.0 Å². The average Bonchev–Trinajstić information content (AvgIpc) is 2.11. The summed E-state index contributed by atoms with van der Waals surface area (Å²) in [6.45, 7) is 5.17. The van der Waals surface area contributed by atoms with E-state index >= 15 is 0 Å². The fraction of sp³-hybridized carbons (Fsp3) is 0.455. The Balaban J connectivity index is 2.80. The molecule has 2 nitrogen and oxygen atoms in total. The van der Waals surface area contributed by atoms with Crippen LogP contribution in [-0.2, 0) is 0 Å². The summed E-state index contributed by atoms with van der Waals surface area (Å²) in [5.41, 5.74) is 0.930. The molecule has 0 bridgehead atoms. The Morgan fingerprint density at radius 2 is 2.00 bits per heavy atom. The minimum absolute atomic E-state index is 0.193. The second-order valence-corrected chi connectivity index (χ2v) is 3.50. The molecule has 0 amide bonds. The van der Waals surface area contributed by atoms with Gasteiger partial charge in [-0.15, -0.1) is 0 Å². The van der Waals surface area contributed by atoms with Gasteiger partial charge in [0.2, 0.25) is 0 Å². The zero-order valence-electron chi connectivity index (χ0n) is 8.62. The Kier molecular flexibility index (Phi) is 3.47. The van der Waals surface area contributed by atoms with E-state index in [1.807, 2.05) is 6.92 Å². The molecule has 0 radical (unpaired) electrons. The molecule has 2 atom stereocenters. The molecule has 14 heavy (non-hydrogen) atoms. The number of aliphatic hydroxyl groups is 1. The van der Waals surface area contributed by atoms with Gasteiger partial charge in [0.05, 0.1) is 6.10 Å². The Hall–Kier alpha value is -1.09. The predicted molar refractivity (Wildman–Crippen MR) is 52.9 cm³/mol. The van der Waals surface area contributed by atoms with Gasteiger partial charge in [0.1, 0.15) is 6.10 Å². The van der Waals surface area contributed by atoms with Gasteiger partial charge in [-0.05, 0) is 38.5 Å². The highest BCUT2D eigenvalue weighted by molar-refractivity contribution is 5.29. The van der Waals surface area contributed by atoms with Crippen LogP contribution in [0.4, 0.5) is 4.39 Å². The van der Waals surface area contributed by atoms with Crippen LogP contribution in [0, 0.1) is 12.7 Å². The predicted octanol–water partition coefficient (Wildman–Crippen LogP) is 2.28. The molecule has 0 heterocycles. The second-order valence-electron chi connectivity index (χ2n) is 3.50. The lowest BCUT2D eigenvalue weighted by atomic mass is 10.2. The summed E-state index contributed by atoms with van der Waals surface area (Å²) in [6.07, 6.45) is -1.03. The molecule has 78 valence electrons. The highest BCUT2D eigenvalue weighted by Gasteiger charge is 2.12. The summed E-state index contributed by atoms with van der Waals surface area (Å²) >= 11 is 0. The smallest absolute Gasteiger partial charge is 0.165 e. The van der Waals surface area contributed by atoms with Gasteiger partial charge in [-0.3, -0.25) is 0 Å². The molecular weight excluding hydrogens is 183 g/mol. The largest absolute Gasteiger partial charge is 0.485 e. The molecule has 0 saturated heterocycles. The van der Waals surface area contributed by atoms with Gasteiger partial charge >= 0.3 is 0 Å². The molecule has 1 aromatic carbocycles. The topological polar surface area (TPSA) is 29.5 Å². The Morgan fingerprint density at radius 3 is 2.57 bits per heavy atom. The first kappa shape index (κ1) is 11.0. The van der Waals surface area contributed by atoms with Crippen LogP contribution >= 0.6 is 0 Å². The molecule has 3 heteroatoms. The van der Waals surface area contributed by atoms with Crippen LogP contribution in [0.3, 0.4) is 0 Å². The fourth-order valence-corrected chi connectivity index (χ4v) is 1.000. The molecule has 1 N–H and O–H groups in total. The van der Waals surface area contributed by atoms with Crippen LogP contribution in [0.25, 0.3) is 0 Å². The van der Waals surface area contributed by atoms with E-state index in [2.05, 4.69) is 0 Å². The van der Waals surface area contributed by atoms with E-state index in [1.165, 1.54) is 6.07 Å². The maximum atomic E-state index is 13.2. The number of benzene rings is 1. The summed E-state index contributed by atoms with van der Waals surface area (Å²) in [4.78, 5) is 0. The number of hydrogen-bond donors (Lipinski definition) is 1. The van der Waals surface area contributed by atoms with Crippen LogP contribution in [-0.4, -0.2) is 17.3 Å². The number of halogens is 1. The molecule has 0 aromatic heterocycles. The summed E-state index contributed by atoms with van der Waals surface area (Å²) in [5.74, 6) is -0.207. The summed E-state index contributed by atoms with van der Waals surface area (Å²) in [5, 5.41) is 9.19. The third kappa shape index (κ3) is 2.70. The molecule has 1 aromatic rings. The lowest BCUT2D eigenvalue weighted by Gasteiger charge is -2.17. The Bertz CT molecular complexity index is 310. The van der Waals surface area contributed by atoms with Crippen molar-refractivity contribution in [3.05, 3.63) is 29.6 Å². The van der Waals surface area contributed by atoms with Crippen LogP contribution in [0.1, 0.15) is 19.4 Å². The van der Waals surface area contributed by atoms with Crippen molar-refractivity contribution in [1.82, 2.24) is 0 Å². The van der Waals surface area contributed by atoms with Gasteiger partial charge in [-0.1, -0.05) is 6.07 Å². The molecule has 0 aliphatic rings. The third-order valence-corrected chi connectivity index (χ3v) is 2.08. The van der Waals surface area contributed by atoms with Crippen LogP contribution in [0.15, 0.2) is 18.2 Å². The van der Waals surface area contributed by atoms with Crippen molar-refractivity contribution >= 4 is 0 Å². The minimum Gasteiger partial charge on any atom is -0.485 e. The van der Waals surface area contributed by atoms with E-state index in [0.29, 0.717) is 0 Å². The van der Waals surface area contributed by atoms with Crippen molar-refractivity contribution in [2.75, 3.05) is 0 Å². The van der Waals surface area contributed by atoms with Crippen molar-refractivity contribution in [3.63, 3.8) is 0 Å². The fourth-order valence-electron chi connectivity index (χ4n) is 1.000. The van der Waals surface area contributed by atoms with Crippen LogP contribution in [0.2, 0.25) is 0 Å². The zero-order chi connectivity index (χ0) is 10.7. The van der Waals surface area contributed by atoms with E-state index in [1.54, 1.807) is 26.0 Å². The normalized spacial score (nSPS) is 14.9. The SMILES string of the molecule is Cc1ccc(F)c(OC(C)C(C)O)c1. The summed E-state index contributed by atoms with van der Waals surface area (Å²) < 4.78 is 18.4. The van der Waals surface area contributed by atoms with Gasteiger partial charge in [0.15, 0.2) is 11.6 Å². The van der Waals surface area contributed by atoms with Crippen molar-refractivity contribution in [2.24, 2.45) is 0 Å². The number of hydrogen-bond acceptors (Lipinski definition) is 2. The zero-order valence-corrected chi connectivity index (χ0v) is 8.62. The van der Waals surface area contributed by atoms with Crippen molar-refractivity contribution in [2.45, 2.75) is 33.0 Å². The molecule has 2 unspecified atom stereocenters. The third-order valence-electron chi connectivity index (χ3n) is 2.08. The lowest BCUT2D eigenvalue weighted by molar-refractivity contribution is 0.0578. The first-order valence-corrected chi connectivity index (χ1v) is 4.61. The highest BCUT2D eigenvalue weighted by Crippen LogP contribution is 2.20. The molecule has 0 spiro atoms. The first-order chi connectivity index (χ1) is 6.50. The maximum Gasteiger partial charge on any atom is 0.165 e. The first-order valence-electron chi connectivity index (χ1n) is 4.61. The Morgan fingerprint density at radius 1 is 1.36 bits per heavy atom. The lowest BCUT2D eigenvalue weighted by Crippen LogP contribution is -2.25. The van der Waals surface area contributed by atoms with Crippen molar-refractivity contribution < 1.29 is 14.2 Å². The minimum atomic E-state index is -0.616. The summed E-state index contributed by atoms with van der Waals surface area (Å²) in [7, 11) is 0. The molecule has 0 fully saturated rings. The highest BCUT2D eigenvalue weighted by atomic mass is 19.1. The van der Waals surface area contributed by atoms with Gasteiger partial charge in [-0.25, -0.2) is 4.39 Å².